The second kappa shape index (κ2) is 8.57. The Bertz CT molecular complexity index is 1240. The number of carbonyl (C=O) groups is 2. The fourth-order valence-electron chi connectivity index (χ4n) is 2.84. The average Bonchev–Trinajstić information content (AvgIpc) is 3.07. The Morgan fingerprint density at radius 2 is 1.50 bits per heavy atom. The van der Waals surface area contributed by atoms with Gasteiger partial charge in [0.2, 0.25) is 11.8 Å². The zero-order chi connectivity index (χ0) is 22.0. The van der Waals surface area contributed by atoms with E-state index in [4.69, 9.17) is 0 Å². The number of carbonyl (C=O) groups excluding carboxylic acids is 2. The van der Waals surface area contributed by atoms with Crippen molar-refractivity contribution in [2.24, 2.45) is 21.1 Å². The molecule has 0 unspecified atom stereocenters. The molecule has 158 valence electrons. The quantitative estimate of drug-likeness (QED) is 0.564. The van der Waals surface area contributed by atoms with E-state index in [1.54, 1.807) is 49.9 Å². The molecule has 3 rings (SSSR count). The molecule has 0 fully saturated rings. The molecule has 3 aromatic rings. The third-order valence-electron chi connectivity index (χ3n) is 4.54. The Morgan fingerprint density at radius 1 is 0.933 bits per heavy atom. The van der Waals surface area contributed by atoms with Crippen molar-refractivity contribution in [3.63, 3.8) is 0 Å². The Kier molecular flexibility index (Phi) is 6.11. The van der Waals surface area contributed by atoms with Crippen LogP contribution in [0.25, 0.3) is 11.2 Å². The van der Waals surface area contributed by atoms with E-state index in [1.807, 2.05) is 0 Å². The first kappa shape index (κ1) is 21.4. The number of fused-ring (bicyclic) bond motifs is 1. The fourth-order valence-corrected chi connectivity index (χ4v) is 3.61. The highest BCUT2D eigenvalue weighted by molar-refractivity contribution is 7.99. The summed E-state index contributed by atoms with van der Waals surface area (Å²) in [4.78, 5) is 52.5. The molecule has 0 saturated heterocycles. The normalized spacial score (nSPS) is 10.9. The lowest BCUT2D eigenvalue weighted by molar-refractivity contribution is -0.116. The molecule has 0 atom stereocenters. The number of nitrogens with one attached hydrogen (secondary N) is 2. The highest BCUT2D eigenvalue weighted by atomic mass is 32.2. The number of hydrogen-bond donors (Lipinski definition) is 2. The molecule has 0 aliphatic heterocycles. The summed E-state index contributed by atoms with van der Waals surface area (Å²) < 4.78 is 3.91. The number of benzene rings is 1. The molecule has 2 N–H and O–H groups in total. The van der Waals surface area contributed by atoms with Crippen LogP contribution in [0.2, 0.25) is 0 Å². The minimum Gasteiger partial charge on any atom is -0.326 e. The van der Waals surface area contributed by atoms with Crippen LogP contribution >= 0.6 is 11.8 Å². The summed E-state index contributed by atoms with van der Waals surface area (Å²) in [5.74, 6) is -0.267. The Morgan fingerprint density at radius 3 is 2.07 bits per heavy atom. The Hall–Kier alpha value is -3.34. The van der Waals surface area contributed by atoms with Crippen LogP contribution in [-0.4, -0.2) is 36.3 Å². The summed E-state index contributed by atoms with van der Waals surface area (Å²) in [5.41, 5.74) is 0.927. The highest BCUT2D eigenvalue weighted by Gasteiger charge is 2.18. The van der Waals surface area contributed by atoms with Crippen molar-refractivity contribution in [3.8, 4) is 0 Å². The maximum atomic E-state index is 12.4. The van der Waals surface area contributed by atoms with Gasteiger partial charge in [-0.05, 0) is 24.3 Å². The molecule has 0 saturated carbocycles. The van der Waals surface area contributed by atoms with Crippen molar-refractivity contribution in [3.05, 3.63) is 45.1 Å². The lowest BCUT2D eigenvalue weighted by atomic mass is 10.2. The van der Waals surface area contributed by atoms with E-state index in [0.29, 0.717) is 28.5 Å². The topological polar surface area (TPSA) is 120 Å². The number of rotatable bonds is 6. The summed E-state index contributed by atoms with van der Waals surface area (Å²) in [6.45, 7) is 1.77. The SMILES string of the molecule is CCC(=O)Nc1ccc(NC(=O)CSc2nc3c(c(=O)n(C)c(=O)n3C)n2C)cc1. The predicted octanol–water partition coefficient (Wildman–Crippen LogP) is 1.05. The second-order valence-corrected chi connectivity index (χ2v) is 7.59. The van der Waals surface area contributed by atoms with E-state index < -0.39 is 11.2 Å². The smallest absolute Gasteiger partial charge is 0.326 e. The molecule has 2 heterocycles. The van der Waals surface area contributed by atoms with Gasteiger partial charge in [0, 0.05) is 38.9 Å². The van der Waals surface area contributed by atoms with Gasteiger partial charge in [0.1, 0.15) is 0 Å². The van der Waals surface area contributed by atoms with E-state index in [0.717, 1.165) is 16.3 Å². The molecule has 2 amide bonds. The standard InChI is InChI=1S/C19H22N6O4S/c1-5-13(26)20-11-6-8-12(9-7-11)21-14(27)10-30-18-22-16-15(23(18)2)17(28)25(4)19(29)24(16)3/h6-9H,5,10H2,1-4H3,(H,20,26)(H,21,27). The van der Waals surface area contributed by atoms with Crippen LogP contribution in [-0.2, 0) is 30.7 Å². The second-order valence-electron chi connectivity index (χ2n) is 6.65. The van der Waals surface area contributed by atoms with E-state index in [2.05, 4.69) is 15.6 Å². The largest absolute Gasteiger partial charge is 0.332 e. The van der Waals surface area contributed by atoms with Crippen LogP contribution in [0, 0.1) is 0 Å². The third-order valence-corrected chi connectivity index (χ3v) is 5.57. The van der Waals surface area contributed by atoms with Crippen molar-refractivity contribution in [1.29, 1.82) is 0 Å². The van der Waals surface area contributed by atoms with Crippen LogP contribution in [0.4, 0.5) is 11.4 Å². The fraction of sp³-hybridized carbons (Fsp3) is 0.316. The summed E-state index contributed by atoms with van der Waals surface area (Å²) in [7, 11) is 4.63. The molecule has 0 spiro atoms. The van der Waals surface area contributed by atoms with Gasteiger partial charge in [-0.15, -0.1) is 0 Å². The van der Waals surface area contributed by atoms with Gasteiger partial charge in [0.05, 0.1) is 5.75 Å². The van der Waals surface area contributed by atoms with Crippen LogP contribution in [0.15, 0.2) is 39.0 Å². The lowest BCUT2D eigenvalue weighted by Crippen LogP contribution is -2.37. The first-order valence-corrected chi connectivity index (χ1v) is 10.2. The van der Waals surface area contributed by atoms with Gasteiger partial charge >= 0.3 is 5.69 Å². The summed E-state index contributed by atoms with van der Waals surface area (Å²) >= 11 is 1.16. The lowest BCUT2D eigenvalue weighted by Gasteiger charge is -2.07. The molecular weight excluding hydrogens is 408 g/mol. The zero-order valence-corrected chi connectivity index (χ0v) is 17.9. The van der Waals surface area contributed by atoms with Crippen molar-refractivity contribution in [1.82, 2.24) is 18.7 Å². The number of nitrogens with zero attached hydrogens (tertiary/aromatic N) is 4. The van der Waals surface area contributed by atoms with Gasteiger partial charge in [0.25, 0.3) is 5.56 Å². The summed E-state index contributed by atoms with van der Waals surface area (Å²) in [6, 6.07) is 6.81. The van der Waals surface area contributed by atoms with Gasteiger partial charge in [-0.3, -0.25) is 23.5 Å². The van der Waals surface area contributed by atoms with Gasteiger partial charge < -0.3 is 15.2 Å². The molecule has 0 radical (unpaired) electrons. The number of hydrogen-bond acceptors (Lipinski definition) is 6. The van der Waals surface area contributed by atoms with E-state index >= 15 is 0 Å². The molecule has 11 heteroatoms. The highest BCUT2D eigenvalue weighted by Crippen LogP contribution is 2.21. The van der Waals surface area contributed by atoms with E-state index in [9.17, 15) is 19.2 Å². The van der Waals surface area contributed by atoms with Crippen LogP contribution in [0.1, 0.15) is 13.3 Å². The van der Waals surface area contributed by atoms with Gasteiger partial charge in [-0.25, -0.2) is 9.78 Å². The number of aryl methyl sites for hydroxylation is 2. The molecule has 1 aromatic carbocycles. The number of amides is 2. The predicted molar refractivity (Wildman–Crippen MR) is 116 cm³/mol. The van der Waals surface area contributed by atoms with Crippen LogP contribution in [0.5, 0.6) is 0 Å². The molecular formula is C19H22N6O4S. The Labute approximate surface area is 175 Å². The number of aromatic nitrogens is 4. The monoisotopic (exact) mass is 430 g/mol. The molecule has 10 nitrogen and oxygen atoms in total. The van der Waals surface area contributed by atoms with Crippen molar-refractivity contribution >= 4 is 46.1 Å². The van der Waals surface area contributed by atoms with Crippen LogP contribution < -0.4 is 21.9 Å². The molecule has 0 aliphatic carbocycles. The molecule has 2 aromatic heterocycles. The van der Waals surface area contributed by atoms with Crippen molar-refractivity contribution < 1.29 is 9.59 Å². The maximum Gasteiger partial charge on any atom is 0.332 e. The summed E-state index contributed by atoms with van der Waals surface area (Å²) in [5, 5.41) is 5.96. The molecule has 0 aliphatic rings. The molecule has 0 bridgehead atoms. The van der Waals surface area contributed by atoms with Gasteiger partial charge in [0.15, 0.2) is 16.3 Å². The zero-order valence-electron chi connectivity index (χ0n) is 17.1. The first-order valence-electron chi connectivity index (χ1n) is 9.18. The van der Waals surface area contributed by atoms with Gasteiger partial charge in [-0.1, -0.05) is 18.7 Å². The van der Waals surface area contributed by atoms with Crippen molar-refractivity contribution in [2.75, 3.05) is 16.4 Å². The average molecular weight is 430 g/mol. The van der Waals surface area contributed by atoms with E-state index in [1.165, 1.54) is 11.6 Å². The minimum atomic E-state index is -0.460. The number of thioether (sulfide) groups is 1. The summed E-state index contributed by atoms with van der Waals surface area (Å²) in [6.07, 6.45) is 0.387. The Balaban J connectivity index is 1.70. The first-order chi connectivity index (χ1) is 14.2. The molecule has 30 heavy (non-hydrogen) atoms. The maximum absolute atomic E-state index is 12.4. The number of imidazole rings is 1. The van der Waals surface area contributed by atoms with Gasteiger partial charge in [-0.2, -0.15) is 0 Å². The minimum absolute atomic E-state index is 0.0692. The van der Waals surface area contributed by atoms with Crippen molar-refractivity contribution in [2.45, 2.75) is 18.5 Å². The van der Waals surface area contributed by atoms with Crippen LogP contribution in [0.3, 0.4) is 0 Å². The van der Waals surface area contributed by atoms with E-state index in [-0.39, 0.29) is 23.2 Å². The third kappa shape index (κ3) is 4.15. The number of anilines is 2.